The Kier molecular flexibility index (Phi) is 6.33. The molecule has 1 aromatic rings. The van der Waals surface area contributed by atoms with Crippen LogP contribution in [0.3, 0.4) is 0 Å². The van der Waals surface area contributed by atoms with E-state index in [2.05, 4.69) is 18.8 Å². The van der Waals surface area contributed by atoms with Gasteiger partial charge in [-0.25, -0.2) is 4.79 Å². The van der Waals surface area contributed by atoms with E-state index in [0.29, 0.717) is 18.3 Å². The SMILES string of the molecule is CCCCC(CC)COc1cc(C)ncc1C(=O)O. The zero-order chi connectivity index (χ0) is 14.3. The second-order valence-corrected chi connectivity index (χ2v) is 4.85. The monoisotopic (exact) mass is 265 g/mol. The number of nitrogens with zero attached hydrogens (tertiary/aromatic N) is 1. The minimum Gasteiger partial charge on any atom is -0.492 e. The Morgan fingerprint density at radius 3 is 2.79 bits per heavy atom. The number of pyridine rings is 1. The summed E-state index contributed by atoms with van der Waals surface area (Å²) in [6.07, 6.45) is 5.89. The molecule has 1 heterocycles. The van der Waals surface area contributed by atoms with Gasteiger partial charge in [0.15, 0.2) is 0 Å². The summed E-state index contributed by atoms with van der Waals surface area (Å²) in [5.41, 5.74) is 0.901. The maximum absolute atomic E-state index is 11.1. The third-order valence-electron chi connectivity index (χ3n) is 3.25. The first-order valence-corrected chi connectivity index (χ1v) is 6.91. The van der Waals surface area contributed by atoms with Crippen LogP contribution in [0.15, 0.2) is 12.3 Å². The molecule has 1 atom stereocenters. The maximum Gasteiger partial charge on any atom is 0.341 e. The van der Waals surface area contributed by atoms with Crippen molar-refractivity contribution in [2.75, 3.05) is 6.61 Å². The normalized spacial score (nSPS) is 12.2. The fourth-order valence-electron chi connectivity index (χ4n) is 1.92. The number of carboxylic acid groups (broad SMARTS) is 1. The Balaban J connectivity index is 2.70. The Bertz CT molecular complexity index is 418. The molecule has 4 nitrogen and oxygen atoms in total. The predicted molar refractivity (Wildman–Crippen MR) is 74.7 cm³/mol. The van der Waals surface area contributed by atoms with Gasteiger partial charge in [0.2, 0.25) is 0 Å². The number of ether oxygens (including phenoxy) is 1. The van der Waals surface area contributed by atoms with Gasteiger partial charge in [-0.2, -0.15) is 0 Å². The molecule has 1 N–H and O–H groups in total. The molecule has 0 aromatic carbocycles. The summed E-state index contributed by atoms with van der Waals surface area (Å²) < 4.78 is 5.71. The van der Waals surface area contributed by atoms with Crippen LogP contribution in [0, 0.1) is 12.8 Å². The summed E-state index contributed by atoms with van der Waals surface area (Å²) in [7, 11) is 0. The highest BCUT2D eigenvalue weighted by molar-refractivity contribution is 5.90. The summed E-state index contributed by atoms with van der Waals surface area (Å²) in [5, 5.41) is 9.10. The Morgan fingerprint density at radius 1 is 1.47 bits per heavy atom. The topological polar surface area (TPSA) is 59.4 Å². The van der Waals surface area contributed by atoms with Crippen molar-refractivity contribution in [2.24, 2.45) is 5.92 Å². The molecule has 1 aromatic heterocycles. The quantitative estimate of drug-likeness (QED) is 0.778. The fourth-order valence-corrected chi connectivity index (χ4v) is 1.92. The van der Waals surface area contributed by atoms with E-state index in [9.17, 15) is 4.79 Å². The van der Waals surface area contributed by atoms with Crippen LogP contribution in [0.4, 0.5) is 0 Å². The smallest absolute Gasteiger partial charge is 0.341 e. The van der Waals surface area contributed by atoms with Crippen molar-refractivity contribution in [1.82, 2.24) is 4.98 Å². The number of unbranched alkanes of at least 4 members (excludes halogenated alkanes) is 1. The molecule has 19 heavy (non-hydrogen) atoms. The van der Waals surface area contributed by atoms with E-state index in [0.717, 1.165) is 18.5 Å². The minimum absolute atomic E-state index is 0.135. The van der Waals surface area contributed by atoms with Crippen molar-refractivity contribution in [1.29, 1.82) is 0 Å². The largest absolute Gasteiger partial charge is 0.492 e. The van der Waals surface area contributed by atoms with Gasteiger partial charge < -0.3 is 9.84 Å². The van der Waals surface area contributed by atoms with Crippen molar-refractivity contribution in [3.05, 3.63) is 23.5 Å². The number of hydrogen-bond acceptors (Lipinski definition) is 3. The number of carboxylic acids is 1. The summed E-state index contributed by atoms with van der Waals surface area (Å²) in [6.45, 7) is 6.70. The van der Waals surface area contributed by atoms with Crippen LogP contribution in [0.2, 0.25) is 0 Å². The minimum atomic E-state index is -0.996. The number of carbonyl (C=O) groups is 1. The van der Waals surface area contributed by atoms with Crippen molar-refractivity contribution in [2.45, 2.75) is 46.5 Å². The van der Waals surface area contributed by atoms with E-state index in [4.69, 9.17) is 9.84 Å². The summed E-state index contributed by atoms with van der Waals surface area (Å²) >= 11 is 0. The lowest BCUT2D eigenvalue weighted by Gasteiger charge is -2.16. The van der Waals surface area contributed by atoms with E-state index >= 15 is 0 Å². The molecule has 0 saturated carbocycles. The molecular weight excluding hydrogens is 242 g/mol. The van der Waals surface area contributed by atoms with Crippen LogP contribution in [-0.2, 0) is 0 Å². The van der Waals surface area contributed by atoms with Crippen molar-refractivity contribution < 1.29 is 14.6 Å². The van der Waals surface area contributed by atoms with Gasteiger partial charge in [0.05, 0.1) is 6.61 Å². The second kappa shape index (κ2) is 7.77. The molecule has 0 aliphatic carbocycles. The molecule has 0 aliphatic heterocycles. The first-order valence-electron chi connectivity index (χ1n) is 6.91. The van der Waals surface area contributed by atoms with E-state index < -0.39 is 5.97 Å². The Morgan fingerprint density at radius 2 is 2.21 bits per heavy atom. The number of aromatic nitrogens is 1. The average Bonchev–Trinajstić information content (AvgIpc) is 2.38. The zero-order valence-electron chi connectivity index (χ0n) is 12.0. The van der Waals surface area contributed by atoms with Crippen LogP contribution < -0.4 is 4.74 Å². The van der Waals surface area contributed by atoms with E-state index in [1.807, 2.05) is 6.92 Å². The molecule has 1 rings (SSSR count). The fraction of sp³-hybridized carbons (Fsp3) is 0.600. The number of aryl methyl sites for hydroxylation is 1. The standard InChI is InChI=1S/C15H23NO3/c1-4-6-7-12(5-2)10-19-14-8-11(3)16-9-13(14)15(17)18/h8-9,12H,4-7,10H2,1-3H3,(H,17,18). The van der Waals surface area contributed by atoms with E-state index in [1.54, 1.807) is 6.07 Å². The zero-order valence-corrected chi connectivity index (χ0v) is 12.0. The Labute approximate surface area is 114 Å². The lowest BCUT2D eigenvalue weighted by atomic mass is 10.0. The van der Waals surface area contributed by atoms with Crippen LogP contribution in [0.1, 0.15) is 55.6 Å². The lowest BCUT2D eigenvalue weighted by Crippen LogP contribution is -2.13. The Hall–Kier alpha value is -1.58. The molecule has 0 amide bonds. The van der Waals surface area contributed by atoms with Crippen LogP contribution in [-0.4, -0.2) is 22.7 Å². The molecular formula is C15H23NO3. The molecule has 0 fully saturated rings. The number of rotatable bonds is 8. The van der Waals surface area contributed by atoms with Crippen molar-refractivity contribution in [3.8, 4) is 5.75 Å². The highest BCUT2D eigenvalue weighted by Gasteiger charge is 2.14. The molecule has 0 bridgehead atoms. The van der Waals surface area contributed by atoms with Gasteiger partial charge in [0.1, 0.15) is 11.3 Å². The third-order valence-corrected chi connectivity index (χ3v) is 3.25. The summed E-state index contributed by atoms with van der Waals surface area (Å²) in [4.78, 5) is 15.1. The van der Waals surface area contributed by atoms with Gasteiger partial charge in [-0.1, -0.05) is 33.1 Å². The molecule has 1 unspecified atom stereocenters. The molecule has 106 valence electrons. The van der Waals surface area contributed by atoms with Crippen LogP contribution in [0.5, 0.6) is 5.75 Å². The predicted octanol–water partition coefficient (Wildman–Crippen LogP) is 3.68. The first-order chi connectivity index (χ1) is 9.08. The molecule has 0 aliphatic rings. The first kappa shape index (κ1) is 15.5. The van der Waals surface area contributed by atoms with E-state index in [1.165, 1.54) is 19.0 Å². The summed E-state index contributed by atoms with van der Waals surface area (Å²) in [5.74, 6) is -0.0888. The van der Waals surface area contributed by atoms with Gasteiger partial charge in [-0.15, -0.1) is 0 Å². The average molecular weight is 265 g/mol. The van der Waals surface area contributed by atoms with Crippen LogP contribution >= 0.6 is 0 Å². The summed E-state index contributed by atoms with van der Waals surface area (Å²) in [6, 6.07) is 1.69. The van der Waals surface area contributed by atoms with Gasteiger partial charge >= 0.3 is 5.97 Å². The molecule has 0 radical (unpaired) electrons. The van der Waals surface area contributed by atoms with Gasteiger partial charge in [-0.3, -0.25) is 4.98 Å². The van der Waals surface area contributed by atoms with E-state index in [-0.39, 0.29) is 5.56 Å². The number of hydrogen-bond donors (Lipinski definition) is 1. The maximum atomic E-state index is 11.1. The molecule has 0 saturated heterocycles. The van der Waals surface area contributed by atoms with Gasteiger partial charge in [-0.05, 0) is 19.3 Å². The third kappa shape index (κ3) is 4.89. The molecule has 0 spiro atoms. The lowest BCUT2D eigenvalue weighted by molar-refractivity contribution is 0.0690. The highest BCUT2D eigenvalue weighted by Crippen LogP contribution is 2.21. The van der Waals surface area contributed by atoms with Crippen molar-refractivity contribution >= 4 is 5.97 Å². The molecule has 4 heteroatoms. The number of aromatic carboxylic acids is 1. The van der Waals surface area contributed by atoms with Gasteiger partial charge in [0, 0.05) is 18.0 Å². The van der Waals surface area contributed by atoms with Crippen molar-refractivity contribution in [3.63, 3.8) is 0 Å². The second-order valence-electron chi connectivity index (χ2n) is 4.85. The highest BCUT2D eigenvalue weighted by atomic mass is 16.5. The van der Waals surface area contributed by atoms with Crippen LogP contribution in [0.25, 0.3) is 0 Å². The van der Waals surface area contributed by atoms with Gasteiger partial charge in [0.25, 0.3) is 0 Å².